The second-order valence-electron chi connectivity index (χ2n) is 5.63. The van der Waals surface area contributed by atoms with Gasteiger partial charge in [-0.1, -0.05) is 26.7 Å². The van der Waals surface area contributed by atoms with Crippen LogP contribution in [0.15, 0.2) is 12.3 Å². The molecule has 1 amide bonds. The van der Waals surface area contributed by atoms with Crippen molar-refractivity contribution in [1.82, 2.24) is 15.1 Å². The lowest BCUT2D eigenvalue weighted by Crippen LogP contribution is -2.45. The molecule has 0 aliphatic heterocycles. The second kappa shape index (κ2) is 6.07. The molecule has 1 heterocycles. The summed E-state index contributed by atoms with van der Waals surface area (Å²) in [6, 6.07) is 1.02. The number of carbonyl (C=O) groups excluding carboxylic acids is 1. The molecule has 20 heavy (non-hydrogen) atoms. The van der Waals surface area contributed by atoms with E-state index in [1.165, 1.54) is 0 Å². The Hall–Kier alpha value is -1.85. The van der Waals surface area contributed by atoms with Crippen LogP contribution in [-0.4, -0.2) is 32.8 Å². The lowest BCUT2D eigenvalue weighted by atomic mass is 10.0. The number of carboxylic acid groups (broad SMARTS) is 1. The van der Waals surface area contributed by atoms with Gasteiger partial charge in [-0.25, -0.2) is 4.79 Å². The lowest BCUT2D eigenvalue weighted by molar-refractivity contribution is -0.140. The van der Waals surface area contributed by atoms with Crippen molar-refractivity contribution in [3.8, 4) is 0 Å². The van der Waals surface area contributed by atoms with Crippen molar-refractivity contribution in [2.45, 2.75) is 51.6 Å². The lowest BCUT2D eigenvalue weighted by Gasteiger charge is -2.19. The van der Waals surface area contributed by atoms with Crippen LogP contribution in [0.1, 0.15) is 56.1 Å². The van der Waals surface area contributed by atoms with Crippen molar-refractivity contribution in [2.24, 2.45) is 5.92 Å². The minimum Gasteiger partial charge on any atom is -0.480 e. The van der Waals surface area contributed by atoms with E-state index < -0.39 is 12.0 Å². The van der Waals surface area contributed by atoms with Gasteiger partial charge in [0.1, 0.15) is 11.7 Å². The fourth-order valence-corrected chi connectivity index (χ4v) is 2.66. The predicted molar refractivity (Wildman–Crippen MR) is 73.5 cm³/mol. The molecular formula is C14H21N3O3. The highest BCUT2D eigenvalue weighted by Crippen LogP contribution is 2.29. The smallest absolute Gasteiger partial charge is 0.326 e. The summed E-state index contributed by atoms with van der Waals surface area (Å²) >= 11 is 0. The van der Waals surface area contributed by atoms with Crippen molar-refractivity contribution >= 4 is 11.9 Å². The molecule has 0 aromatic carbocycles. The van der Waals surface area contributed by atoms with Gasteiger partial charge in [0.15, 0.2) is 0 Å². The Morgan fingerprint density at radius 2 is 2.05 bits per heavy atom. The molecule has 110 valence electrons. The zero-order valence-corrected chi connectivity index (χ0v) is 11.9. The normalized spacial score (nSPS) is 17.4. The van der Waals surface area contributed by atoms with Gasteiger partial charge in [0.2, 0.25) is 0 Å². The highest BCUT2D eigenvalue weighted by atomic mass is 16.4. The number of carbonyl (C=O) groups is 2. The summed E-state index contributed by atoms with van der Waals surface area (Å²) in [6.45, 7) is 3.54. The molecular weight excluding hydrogens is 258 g/mol. The summed E-state index contributed by atoms with van der Waals surface area (Å²) in [5, 5.41) is 15.9. The van der Waals surface area contributed by atoms with Gasteiger partial charge in [-0.05, 0) is 24.8 Å². The molecule has 0 saturated heterocycles. The monoisotopic (exact) mass is 279 g/mol. The number of rotatable bonds is 5. The number of nitrogens with one attached hydrogen (secondary N) is 1. The Morgan fingerprint density at radius 1 is 1.40 bits per heavy atom. The third kappa shape index (κ3) is 3.00. The van der Waals surface area contributed by atoms with Gasteiger partial charge < -0.3 is 10.4 Å². The van der Waals surface area contributed by atoms with Gasteiger partial charge >= 0.3 is 5.97 Å². The Kier molecular flexibility index (Phi) is 4.42. The Bertz CT molecular complexity index is 490. The number of amides is 1. The summed E-state index contributed by atoms with van der Waals surface area (Å²) < 4.78 is 1.74. The summed E-state index contributed by atoms with van der Waals surface area (Å²) in [5.41, 5.74) is 0.448. The highest BCUT2D eigenvalue weighted by Gasteiger charge is 2.27. The third-order valence-corrected chi connectivity index (χ3v) is 3.79. The first-order chi connectivity index (χ1) is 9.50. The molecule has 0 radical (unpaired) electrons. The van der Waals surface area contributed by atoms with E-state index in [1.54, 1.807) is 30.8 Å². The van der Waals surface area contributed by atoms with Crippen LogP contribution in [-0.2, 0) is 4.79 Å². The van der Waals surface area contributed by atoms with Gasteiger partial charge in [-0.2, -0.15) is 5.10 Å². The molecule has 6 heteroatoms. The Labute approximate surface area is 118 Å². The van der Waals surface area contributed by atoms with E-state index >= 15 is 0 Å². The quantitative estimate of drug-likeness (QED) is 0.861. The highest BCUT2D eigenvalue weighted by molar-refractivity contribution is 5.95. The van der Waals surface area contributed by atoms with E-state index in [1.807, 2.05) is 0 Å². The fraction of sp³-hybridized carbons (Fsp3) is 0.643. The zero-order chi connectivity index (χ0) is 14.7. The molecule has 0 spiro atoms. The van der Waals surface area contributed by atoms with Crippen molar-refractivity contribution in [3.63, 3.8) is 0 Å². The van der Waals surface area contributed by atoms with Crippen molar-refractivity contribution in [3.05, 3.63) is 18.0 Å². The standard InChI is InChI=1S/C14H21N3O3/c1-9(2)12(14(19)20)16-13(18)11-7-8-15-17(11)10-5-3-4-6-10/h7-10,12H,3-6H2,1-2H3,(H,16,18)(H,19,20)/t12-/m1/s1. The van der Waals surface area contributed by atoms with E-state index in [0.717, 1.165) is 25.7 Å². The van der Waals surface area contributed by atoms with Gasteiger partial charge in [-0.3, -0.25) is 9.48 Å². The van der Waals surface area contributed by atoms with E-state index in [2.05, 4.69) is 10.4 Å². The predicted octanol–water partition coefficient (Wildman–Crippen LogP) is 1.84. The first kappa shape index (κ1) is 14.6. The second-order valence-corrected chi connectivity index (χ2v) is 5.63. The molecule has 1 aliphatic rings. The van der Waals surface area contributed by atoms with E-state index in [4.69, 9.17) is 5.11 Å². The molecule has 2 N–H and O–H groups in total. The molecule has 1 aliphatic carbocycles. The molecule has 1 aromatic rings. The van der Waals surface area contributed by atoms with Crippen molar-refractivity contribution < 1.29 is 14.7 Å². The number of aliphatic carboxylic acids is 1. The first-order valence-corrected chi connectivity index (χ1v) is 7.08. The summed E-state index contributed by atoms with van der Waals surface area (Å²) in [5.74, 6) is -1.55. The molecule has 1 aromatic heterocycles. The average Bonchev–Trinajstić information content (AvgIpc) is 3.03. The van der Waals surface area contributed by atoms with Gasteiger partial charge in [0.25, 0.3) is 5.91 Å². The molecule has 1 atom stereocenters. The van der Waals surface area contributed by atoms with E-state index in [9.17, 15) is 9.59 Å². The van der Waals surface area contributed by atoms with Gasteiger partial charge in [0.05, 0.1) is 6.04 Å². The maximum absolute atomic E-state index is 12.3. The van der Waals surface area contributed by atoms with Crippen LogP contribution < -0.4 is 5.32 Å². The maximum Gasteiger partial charge on any atom is 0.326 e. The van der Waals surface area contributed by atoms with E-state index in [0.29, 0.717) is 5.69 Å². The number of aromatic nitrogens is 2. The molecule has 0 unspecified atom stereocenters. The number of nitrogens with zero attached hydrogens (tertiary/aromatic N) is 2. The first-order valence-electron chi connectivity index (χ1n) is 7.08. The van der Waals surface area contributed by atoms with Crippen LogP contribution in [0.4, 0.5) is 0 Å². The van der Waals surface area contributed by atoms with Gasteiger partial charge in [-0.15, -0.1) is 0 Å². The van der Waals surface area contributed by atoms with Crippen LogP contribution in [0, 0.1) is 5.92 Å². The van der Waals surface area contributed by atoms with E-state index in [-0.39, 0.29) is 17.9 Å². The zero-order valence-electron chi connectivity index (χ0n) is 11.9. The number of carboxylic acids is 1. The van der Waals surface area contributed by atoms with Gasteiger partial charge in [0, 0.05) is 6.20 Å². The molecule has 6 nitrogen and oxygen atoms in total. The summed E-state index contributed by atoms with van der Waals surface area (Å²) in [4.78, 5) is 23.4. The average molecular weight is 279 g/mol. The minimum absolute atomic E-state index is 0.167. The topological polar surface area (TPSA) is 84.2 Å². The van der Waals surface area contributed by atoms with Crippen molar-refractivity contribution in [1.29, 1.82) is 0 Å². The Balaban J connectivity index is 2.13. The molecule has 2 rings (SSSR count). The minimum atomic E-state index is -1.01. The largest absolute Gasteiger partial charge is 0.480 e. The molecule has 1 fully saturated rings. The SMILES string of the molecule is CC(C)[C@@H](NC(=O)c1ccnn1C1CCCC1)C(=O)O. The summed E-state index contributed by atoms with van der Waals surface area (Å²) in [6.07, 6.45) is 5.94. The van der Waals surface area contributed by atoms with Crippen molar-refractivity contribution in [2.75, 3.05) is 0 Å². The molecule has 1 saturated carbocycles. The third-order valence-electron chi connectivity index (χ3n) is 3.79. The van der Waals surface area contributed by atoms with Crippen LogP contribution in [0.3, 0.4) is 0 Å². The summed E-state index contributed by atoms with van der Waals surface area (Å²) in [7, 11) is 0. The number of hydrogen-bond donors (Lipinski definition) is 2. The van der Waals surface area contributed by atoms with Crippen LogP contribution in [0.5, 0.6) is 0 Å². The molecule has 0 bridgehead atoms. The van der Waals surface area contributed by atoms with Crippen LogP contribution in [0.2, 0.25) is 0 Å². The number of hydrogen-bond acceptors (Lipinski definition) is 3. The van der Waals surface area contributed by atoms with Crippen LogP contribution in [0.25, 0.3) is 0 Å². The Morgan fingerprint density at radius 3 is 2.60 bits per heavy atom. The van der Waals surface area contributed by atoms with Crippen LogP contribution >= 0.6 is 0 Å². The maximum atomic E-state index is 12.3. The fourth-order valence-electron chi connectivity index (χ4n) is 2.66.